The highest BCUT2D eigenvalue weighted by Crippen LogP contribution is 2.19. The van der Waals surface area contributed by atoms with Crippen LogP contribution in [0.1, 0.15) is 25.3 Å². The summed E-state index contributed by atoms with van der Waals surface area (Å²) >= 11 is 1.70. The quantitative estimate of drug-likeness (QED) is 0.849. The second-order valence-corrected chi connectivity index (χ2v) is 5.90. The van der Waals surface area contributed by atoms with Gasteiger partial charge in [0.25, 0.3) is 0 Å². The molecule has 1 aromatic carbocycles. The van der Waals surface area contributed by atoms with E-state index in [9.17, 15) is 0 Å². The molecule has 0 aliphatic heterocycles. The molecule has 2 rings (SSSR count). The zero-order valence-corrected chi connectivity index (χ0v) is 12.7. The fourth-order valence-corrected chi connectivity index (χ4v) is 2.64. The Labute approximate surface area is 123 Å². The van der Waals surface area contributed by atoms with Gasteiger partial charge in [0.1, 0.15) is 0 Å². The highest BCUT2D eigenvalue weighted by atomic mass is 32.2. The van der Waals surface area contributed by atoms with E-state index in [1.807, 2.05) is 19.1 Å². The van der Waals surface area contributed by atoms with Gasteiger partial charge in [-0.25, -0.2) is 0 Å². The summed E-state index contributed by atoms with van der Waals surface area (Å²) in [6.07, 6.45) is 1.03. The van der Waals surface area contributed by atoms with Gasteiger partial charge in [-0.2, -0.15) is 16.7 Å². The van der Waals surface area contributed by atoms with Crippen molar-refractivity contribution < 1.29 is 9.63 Å². The van der Waals surface area contributed by atoms with Gasteiger partial charge in [0.05, 0.1) is 5.75 Å². The van der Waals surface area contributed by atoms with Crippen LogP contribution in [0, 0.1) is 5.92 Å². The summed E-state index contributed by atoms with van der Waals surface area (Å²) in [5.41, 5.74) is 2.27. The number of aliphatic hydroxyl groups is 1. The Bertz CT molecular complexity index is 525. The first-order valence-corrected chi connectivity index (χ1v) is 7.99. The van der Waals surface area contributed by atoms with E-state index in [2.05, 4.69) is 29.2 Å². The first kappa shape index (κ1) is 15.1. The number of benzene rings is 1. The van der Waals surface area contributed by atoms with Crippen molar-refractivity contribution in [1.82, 2.24) is 10.1 Å². The summed E-state index contributed by atoms with van der Waals surface area (Å²) in [6.45, 7) is 4.36. The maximum atomic E-state index is 8.96. The van der Waals surface area contributed by atoms with Crippen molar-refractivity contribution in [1.29, 1.82) is 0 Å². The van der Waals surface area contributed by atoms with Gasteiger partial charge in [0, 0.05) is 12.2 Å². The predicted octanol–water partition coefficient (Wildman–Crippen LogP) is 3.16. The molecule has 1 atom stereocenters. The molecule has 1 aromatic heterocycles. The van der Waals surface area contributed by atoms with Crippen molar-refractivity contribution in [2.75, 3.05) is 12.4 Å². The molecule has 0 bridgehead atoms. The van der Waals surface area contributed by atoms with Crippen LogP contribution >= 0.6 is 11.8 Å². The standard InChI is InChI=1S/C15H20N2O2S/c1-3-12-4-6-13(7-5-12)15-16-14(19-17-15)10-20-9-11(2)8-18/h4-7,11,18H,3,8-10H2,1-2H3. The molecular formula is C15H20N2O2S. The van der Waals surface area contributed by atoms with Crippen LogP contribution in [0.4, 0.5) is 0 Å². The summed E-state index contributed by atoms with van der Waals surface area (Å²) in [5, 5.41) is 13.0. The van der Waals surface area contributed by atoms with Crippen LogP contribution in [0.25, 0.3) is 11.4 Å². The minimum Gasteiger partial charge on any atom is -0.396 e. The van der Waals surface area contributed by atoms with Crippen molar-refractivity contribution in [2.24, 2.45) is 5.92 Å². The molecule has 0 amide bonds. The fourth-order valence-electron chi connectivity index (χ4n) is 1.72. The highest BCUT2D eigenvalue weighted by molar-refractivity contribution is 7.98. The molecule has 0 fully saturated rings. The molecule has 20 heavy (non-hydrogen) atoms. The number of hydrogen-bond donors (Lipinski definition) is 1. The highest BCUT2D eigenvalue weighted by Gasteiger charge is 2.09. The number of aliphatic hydroxyl groups excluding tert-OH is 1. The largest absolute Gasteiger partial charge is 0.396 e. The predicted molar refractivity (Wildman–Crippen MR) is 81.5 cm³/mol. The van der Waals surface area contributed by atoms with Crippen molar-refractivity contribution in [3.8, 4) is 11.4 Å². The van der Waals surface area contributed by atoms with Crippen molar-refractivity contribution in [2.45, 2.75) is 26.0 Å². The SMILES string of the molecule is CCc1ccc(-c2noc(CSCC(C)CO)n2)cc1. The summed E-state index contributed by atoms with van der Waals surface area (Å²) < 4.78 is 5.25. The van der Waals surface area contributed by atoms with Gasteiger partial charge in [-0.3, -0.25) is 0 Å². The van der Waals surface area contributed by atoms with Gasteiger partial charge < -0.3 is 9.63 Å². The fraction of sp³-hybridized carbons (Fsp3) is 0.467. The average Bonchev–Trinajstić information content (AvgIpc) is 2.96. The Morgan fingerprint density at radius 1 is 1.30 bits per heavy atom. The molecule has 1 unspecified atom stereocenters. The maximum absolute atomic E-state index is 8.96. The Kier molecular flexibility index (Phi) is 5.61. The van der Waals surface area contributed by atoms with Crippen LogP contribution in [-0.4, -0.2) is 27.6 Å². The Morgan fingerprint density at radius 3 is 2.70 bits per heavy atom. The molecule has 1 heterocycles. The summed E-state index contributed by atoms with van der Waals surface area (Å²) in [5.74, 6) is 3.14. The van der Waals surface area contributed by atoms with E-state index >= 15 is 0 Å². The second kappa shape index (κ2) is 7.45. The second-order valence-electron chi connectivity index (χ2n) is 4.87. The lowest BCUT2D eigenvalue weighted by Crippen LogP contribution is -2.03. The molecule has 0 saturated heterocycles. The lowest BCUT2D eigenvalue weighted by Gasteiger charge is -2.04. The van der Waals surface area contributed by atoms with Crippen molar-refractivity contribution >= 4 is 11.8 Å². The van der Waals surface area contributed by atoms with E-state index in [-0.39, 0.29) is 6.61 Å². The van der Waals surface area contributed by atoms with Gasteiger partial charge in [-0.15, -0.1) is 0 Å². The average molecular weight is 292 g/mol. The molecule has 108 valence electrons. The number of hydrogen-bond acceptors (Lipinski definition) is 5. The number of rotatable bonds is 7. The van der Waals surface area contributed by atoms with Gasteiger partial charge in [-0.05, 0) is 23.7 Å². The number of aromatic nitrogens is 2. The Balaban J connectivity index is 1.94. The van der Waals surface area contributed by atoms with Gasteiger partial charge in [0.2, 0.25) is 11.7 Å². The molecule has 0 aliphatic carbocycles. The molecule has 0 aliphatic rings. The lowest BCUT2D eigenvalue weighted by molar-refractivity contribution is 0.250. The number of aryl methyl sites for hydroxylation is 1. The van der Waals surface area contributed by atoms with Gasteiger partial charge in [0.15, 0.2) is 0 Å². The van der Waals surface area contributed by atoms with Crippen LogP contribution in [0.15, 0.2) is 28.8 Å². The summed E-state index contributed by atoms with van der Waals surface area (Å²) in [4.78, 5) is 4.40. The van der Waals surface area contributed by atoms with E-state index in [0.717, 1.165) is 17.7 Å². The first-order chi connectivity index (χ1) is 9.72. The molecule has 5 heteroatoms. The third-order valence-electron chi connectivity index (χ3n) is 3.03. The maximum Gasteiger partial charge on any atom is 0.236 e. The van der Waals surface area contributed by atoms with Gasteiger partial charge in [-0.1, -0.05) is 43.3 Å². The topological polar surface area (TPSA) is 59.2 Å². The third kappa shape index (κ3) is 4.08. The van der Waals surface area contributed by atoms with Crippen molar-refractivity contribution in [3.05, 3.63) is 35.7 Å². The van der Waals surface area contributed by atoms with Gasteiger partial charge >= 0.3 is 0 Å². The normalized spacial score (nSPS) is 12.6. The van der Waals surface area contributed by atoms with E-state index in [1.165, 1.54) is 5.56 Å². The van der Waals surface area contributed by atoms with Crippen LogP contribution in [0.3, 0.4) is 0 Å². The summed E-state index contributed by atoms with van der Waals surface area (Å²) in [6, 6.07) is 8.22. The number of nitrogens with zero attached hydrogens (tertiary/aromatic N) is 2. The molecule has 2 aromatic rings. The van der Waals surface area contributed by atoms with Crippen LogP contribution in [0.5, 0.6) is 0 Å². The number of thioether (sulfide) groups is 1. The van der Waals surface area contributed by atoms with E-state index < -0.39 is 0 Å². The molecule has 0 radical (unpaired) electrons. The lowest BCUT2D eigenvalue weighted by atomic mass is 10.1. The minimum atomic E-state index is 0.214. The molecule has 4 nitrogen and oxygen atoms in total. The zero-order valence-electron chi connectivity index (χ0n) is 11.9. The molecular weight excluding hydrogens is 272 g/mol. The van der Waals surface area contributed by atoms with E-state index in [4.69, 9.17) is 9.63 Å². The first-order valence-electron chi connectivity index (χ1n) is 6.83. The van der Waals surface area contributed by atoms with Crippen LogP contribution in [-0.2, 0) is 12.2 Å². The van der Waals surface area contributed by atoms with E-state index in [0.29, 0.717) is 23.4 Å². The van der Waals surface area contributed by atoms with Crippen molar-refractivity contribution in [3.63, 3.8) is 0 Å². The molecule has 0 spiro atoms. The van der Waals surface area contributed by atoms with Crippen LogP contribution < -0.4 is 0 Å². The molecule has 1 N–H and O–H groups in total. The summed E-state index contributed by atoms with van der Waals surface area (Å²) in [7, 11) is 0. The monoisotopic (exact) mass is 292 g/mol. The smallest absolute Gasteiger partial charge is 0.236 e. The minimum absolute atomic E-state index is 0.214. The Hall–Kier alpha value is -1.33. The van der Waals surface area contributed by atoms with Crippen LogP contribution in [0.2, 0.25) is 0 Å². The molecule has 0 saturated carbocycles. The third-order valence-corrected chi connectivity index (χ3v) is 4.28. The zero-order chi connectivity index (χ0) is 14.4. The van der Waals surface area contributed by atoms with E-state index in [1.54, 1.807) is 11.8 Å². The Morgan fingerprint density at radius 2 is 2.05 bits per heavy atom.